The average molecular weight is 478 g/mol. The van der Waals surface area contributed by atoms with Crippen LogP contribution in [0.25, 0.3) is 0 Å². The number of nitrogens with zero attached hydrogens (tertiary/aromatic N) is 1. The molecule has 6 heteroatoms. The second-order valence-corrected chi connectivity index (χ2v) is 7.96. The van der Waals surface area contributed by atoms with E-state index >= 15 is 0 Å². The first-order valence-electron chi connectivity index (χ1n) is 11.4. The molecule has 0 spiro atoms. The van der Waals surface area contributed by atoms with E-state index in [4.69, 9.17) is 0 Å². The van der Waals surface area contributed by atoms with Crippen LogP contribution in [-0.4, -0.2) is 41.4 Å². The van der Waals surface area contributed by atoms with Gasteiger partial charge in [0.15, 0.2) is 0 Å². The third kappa shape index (κ3) is 5.04. The molecule has 0 aliphatic carbocycles. The fourth-order valence-electron chi connectivity index (χ4n) is 3.96. The number of para-hydroxylation sites is 2. The first kappa shape index (κ1) is 24.4. The van der Waals surface area contributed by atoms with Crippen LogP contribution in [-0.2, 0) is 0 Å². The summed E-state index contributed by atoms with van der Waals surface area (Å²) in [5.41, 5.74) is 1.44. The minimum absolute atomic E-state index is 0.0215. The van der Waals surface area contributed by atoms with Crippen molar-refractivity contribution in [1.29, 1.82) is 0 Å². The minimum atomic E-state index is -0.719. The lowest BCUT2D eigenvalue weighted by Crippen LogP contribution is -2.27. The lowest BCUT2D eigenvalue weighted by molar-refractivity contribution is 0.0816. The Morgan fingerprint density at radius 1 is 0.500 bits per heavy atom. The molecule has 0 fully saturated rings. The van der Waals surface area contributed by atoms with Gasteiger partial charge in [0.1, 0.15) is 0 Å². The van der Waals surface area contributed by atoms with Crippen LogP contribution in [0.5, 0.6) is 0 Å². The molecule has 0 radical (unpaired) electrons. The third-order valence-corrected chi connectivity index (χ3v) is 5.69. The highest BCUT2D eigenvalue weighted by Crippen LogP contribution is 2.32. The lowest BCUT2D eigenvalue weighted by atomic mass is 9.97. The fraction of sp³-hybridized carbons (Fsp3) is 0.0667. The van der Waals surface area contributed by atoms with Crippen molar-refractivity contribution in [3.63, 3.8) is 0 Å². The molecule has 0 saturated carbocycles. The van der Waals surface area contributed by atoms with E-state index in [1.807, 2.05) is 0 Å². The van der Waals surface area contributed by atoms with Crippen molar-refractivity contribution in [3.8, 4) is 0 Å². The Kier molecular flexibility index (Phi) is 7.58. The largest absolute Gasteiger partial charge is 0.395 e. The number of Topliss-reactive ketones (excluding diaryl/α,β-unsaturated/α-hetero) is 4. The van der Waals surface area contributed by atoms with Gasteiger partial charge in [-0.15, -0.1) is 0 Å². The van der Waals surface area contributed by atoms with Crippen LogP contribution >= 0.6 is 0 Å². The number of anilines is 2. The molecule has 0 amide bonds. The maximum absolute atomic E-state index is 13.3. The summed E-state index contributed by atoms with van der Waals surface area (Å²) >= 11 is 0. The predicted octanol–water partition coefficient (Wildman–Crippen LogP) is 4.95. The van der Waals surface area contributed by atoms with Crippen molar-refractivity contribution >= 4 is 34.5 Å². The maximum Gasteiger partial charge on any atom is 0.235 e. The molecule has 36 heavy (non-hydrogen) atoms. The van der Waals surface area contributed by atoms with E-state index in [-0.39, 0.29) is 35.4 Å². The van der Waals surface area contributed by atoms with Gasteiger partial charge in [0.25, 0.3) is 0 Å². The Morgan fingerprint density at radius 2 is 0.861 bits per heavy atom. The first-order chi connectivity index (χ1) is 17.5. The van der Waals surface area contributed by atoms with Crippen molar-refractivity contribution < 1.29 is 24.3 Å². The van der Waals surface area contributed by atoms with Crippen molar-refractivity contribution in [2.24, 2.45) is 0 Å². The van der Waals surface area contributed by atoms with E-state index in [9.17, 15) is 24.3 Å². The SMILES string of the molecule is O=C(C(=O)c1ccccc1N(CCO)c1ccccc1C(=O)C(=O)c1ccccc1)c1ccccc1. The molecule has 0 aliphatic rings. The van der Waals surface area contributed by atoms with Gasteiger partial charge in [-0.2, -0.15) is 0 Å². The highest BCUT2D eigenvalue weighted by molar-refractivity contribution is 6.51. The van der Waals surface area contributed by atoms with E-state index in [1.54, 1.807) is 102 Å². The minimum Gasteiger partial charge on any atom is -0.395 e. The molecule has 6 nitrogen and oxygen atoms in total. The number of aliphatic hydroxyl groups is 1. The first-order valence-corrected chi connectivity index (χ1v) is 11.4. The monoisotopic (exact) mass is 477 g/mol. The van der Waals surface area contributed by atoms with Gasteiger partial charge in [-0.25, -0.2) is 0 Å². The Morgan fingerprint density at radius 3 is 1.25 bits per heavy atom. The zero-order valence-electron chi connectivity index (χ0n) is 19.3. The van der Waals surface area contributed by atoms with Crippen molar-refractivity contribution in [1.82, 2.24) is 0 Å². The van der Waals surface area contributed by atoms with E-state index in [0.717, 1.165) is 0 Å². The molecule has 178 valence electrons. The van der Waals surface area contributed by atoms with Crippen LogP contribution in [0.15, 0.2) is 109 Å². The average Bonchev–Trinajstić information content (AvgIpc) is 2.95. The van der Waals surface area contributed by atoms with Crippen LogP contribution in [0.3, 0.4) is 0 Å². The summed E-state index contributed by atoms with van der Waals surface area (Å²) in [6.45, 7) is -0.280. The molecule has 0 atom stereocenters. The quantitative estimate of drug-likeness (QED) is 0.257. The molecule has 0 aromatic heterocycles. The normalized spacial score (nSPS) is 10.5. The molecule has 1 N–H and O–H groups in total. The van der Waals surface area contributed by atoms with Gasteiger partial charge in [0.2, 0.25) is 23.1 Å². The lowest BCUT2D eigenvalue weighted by Gasteiger charge is -2.28. The second kappa shape index (κ2) is 11.2. The van der Waals surface area contributed by atoms with Crippen LogP contribution in [0.1, 0.15) is 41.4 Å². The van der Waals surface area contributed by atoms with Crippen molar-refractivity contribution in [3.05, 3.63) is 131 Å². The van der Waals surface area contributed by atoms with Gasteiger partial charge in [-0.1, -0.05) is 84.9 Å². The van der Waals surface area contributed by atoms with Gasteiger partial charge in [0, 0.05) is 28.8 Å². The molecule has 0 aliphatic heterocycles. The molecule has 0 unspecified atom stereocenters. The highest BCUT2D eigenvalue weighted by Gasteiger charge is 2.27. The molecule has 4 aromatic carbocycles. The smallest absolute Gasteiger partial charge is 0.235 e. The summed E-state index contributed by atoms with van der Waals surface area (Å²) < 4.78 is 0. The van der Waals surface area contributed by atoms with Crippen LogP contribution in [0, 0.1) is 0 Å². The molecular weight excluding hydrogens is 454 g/mol. The number of rotatable bonds is 10. The molecule has 0 heterocycles. The Balaban J connectivity index is 1.77. The van der Waals surface area contributed by atoms with Gasteiger partial charge in [0.05, 0.1) is 18.0 Å². The fourth-order valence-corrected chi connectivity index (χ4v) is 3.96. The number of carbonyl (C=O) groups excluding carboxylic acids is 4. The summed E-state index contributed by atoms with van der Waals surface area (Å²) in [4.78, 5) is 53.9. The Hall–Kier alpha value is -4.68. The zero-order chi connectivity index (χ0) is 25.5. The number of carbonyl (C=O) groups is 4. The van der Waals surface area contributed by atoms with Gasteiger partial charge < -0.3 is 10.0 Å². The Bertz CT molecular complexity index is 1310. The molecule has 0 bridgehead atoms. The highest BCUT2D eigenvalue weighted by atomic mass is 16.3. The third-order valence-electron chi connectivity index (χ3n) is 5.69. The van der Waals surface area contributed by atoms with Crippen LogP contribution in [0.2, 0.25) is 0 Å². The van der Waals surface area contributed by atoms with Crippen LogP contribution in [0.4, 0.5) is 11.4 Å². The summed E-state index contributed by atoms with van der Waals surface area (Å²) in [5, 5.41) is 9.85. The topological polar surface area (TPSA) is 91.8 Å². The van der Waals surface area contributed by atoms with Gasteiger partial charge in [-0.05, 0) is 24.3 Å². The maximum atomic E-state index is 13.3. The summed E-state index contributed by atoms with van der Waals surface area (Å²) in [6, 6.07) is 29.5. The molecule has 4 rings (SSSR count). The van der Waals surface area contributed by atoms with Crippen molar-refractivity contribution in [2.75, 3.05) is 18.1 Å². The molecule has 0 saturated heterocycles. The molecular formula is C30H23NO5. The second-order valence-electron chi connectivity index (χ2n) is 7.96. The zero-order valence-corrected chi connectivity index (χ0v) is 19.3. The standard InChI is InChI=1S/C30H23NO5/c32-20-19-31(25-17-9-7-15-23(25)29(35)27(33)21-11-3-1-4-12-21)26-18-10-8-16-24(26)30(36)28(34)22-13-5-2-6-14-22/h1-18,32H,19-20H2. The number of ketones is 4. The van der Waals surface area contributed by atoms with Gasteiger partial charge >= 0.3 is 0 Å². The predicted molar refractivity (Wildman–Crippen MR) is 137 cm³/mol. The van der Waals surface area contributed by atoms with E-state index in [2.05, 4.69) is 0 Å². The number of benzene rings is 4. The van der Waals surface area contributed by atoms with Crippen molar-refractivity contribution in [2.45, 2.75) is 0 Å². The van der Waals surface area contributed by atoms with E-state index < -0.39 is 23.1 Å². The van der Waals surface area contributed by atoms with Crippen LogP contribution < -0.4 is 4.90 Å². The number of hydrogen-bond acceptors (Lipinski definition) is 6. The number of aliphatic hydroxyl groups excluding tert-OH is 1. The van der Waals surface area contributed by atoms with E-state index in [0.29, 0.717) is 11.4 Å². The Labute approximate surface area is 208 Å². The summed E-state index contributed by atoms with van der Waals surface area (Å²) in [7, 11) is 0. The van der Waals surface area contributed by atoms with E-state index in [1.165, 1.54) is 12.1 Å². The molecule has 4 aromatic rings. The summed E-state index contributed by atoms with van der Waals surface area (Å²) in [5.74, 6) is -2.78. The summed E-state index contributed by atoms with van der Waals surface area (Å²) in [6.07, 6.45) is 0. The number of hydrogen-bond donors (Lipinski definition) is 1. The van der Waals surface area contributed by atoms with Gasteiger partial charge in [-0.3, -0.25) is 19.2 Å².